The first-order valence-electron chi connectivity index (χ1n) is 5.93. The number of hydrogen-bond acceptors (Lipinski definition) is 3. The molecule has 100 valence electrons. The van der Waals surface area contributed by atoms with Crippen LogP contribution in [-0.2, 0) is 9.59 Å². The van der Waals surface area contributed by atoms with Gasteiger partial charge in [0.05, 0.1) is 0 Å². The van der Waals surface area contributed by atoms with E-state index < -0.39 is 5.97 Å². The van der Waals surface area contributed by atoms with Gasteiger partial charge >= 0.3 is 5.97 Å². The predicted octanol–water partition coefficient (Wildman–Crippen LogP) is 1.99. The number of carbonyl (C=O) groups excluding carboxylic acids is 1. The van der Waals surface area contributed by atoms with Crippen molar-refractivity contribution in [2.45, 2.75) is 33.1 Å². The van der Waals surface area contributed by atoms with E-state index in [1.165, 1.54) is 0 Å². The third-order valence-electron chi connectivity index (χ3n) is 2.39. The molecule has 0 aliphatic heterocycles. The average molecular weight is 261 g/mol. The van der Waals surface area contributed by atoms with Crippen molar-refractivity contribution in [3.8, 4) is 0 Å². The van der Waals surface area contributed by atoms with Crippen LogP contribution in [0, 0.1) is 11.8 Å². The molecule has 0 saturated heterocycles. The number of carboxylic acid groups (broad SMARTS) is 1. The molecule has 0 heterocycles. The van der Waals surface area contributed by atoms with Gasteiger partial charge in [0.2, 0.25) is 5.91 Å². The van der Waals surface area contributed by atoms with Gasteiger partial charge in [0.15, 0.2) is 0 Å². The number of rotatable bonds is 9. The average Bonchev–Trinajstić information content (AvgIpc) is 2.21. The minimum Gasteiger partial charge on any atom is -0.481 e. The predicted molar refractivity (Wildman–Crippen MR) is 71.2 cm³/mol. The highest BCUT2D eigenvalue weighted by Gasteiger charge is 2.15. The molecule has 2 N–H and O–H groups in total. The van der Waals surface area contributed by atoms with Crippen LogP contribution in [0.5, 0.6) is 0 Å². The molecule has 17 heavy (non-hydrogen) atoms. The van der Waals surface area contributed by atoms with E-state index in [0.29, 0.717) is 18.9 Å². The molecule has 1 atom stereocenters. The molecular formula is C12H23NO3S. The quantitative estimate of drug-likeness (QED) is 0.666. The summed E-state index contributed by atoms with van der Waals surface area (Å²) in [5.41, 5.74) is 0. The molecular weight excluding hydrogens is 238 g/mol. The summed E-state index contributed by atoms with van der Waals surface area (Å²) in [5.74, 6) is 0.500. The molecule has 0 bridgehead atoms. The van der Waals surface area contributed by atoms with Gasteiger partial charge in [-0.3, -0.25) is 9.59 Å². The maximum atomic E-state index is 11.4. The summed E-state index contributed by atoms with van der Waals surface area (Å²) in [7, 11) is 0. The Morgan fingerprint density at radius 2 is 2.00 bits per heavy atom. The Labute approximate surface area is 108 Å². The van der Waals surface area contributed by atoms with Gasteiger partial charge in [-0.2, -0.15) is 11.8 Å². The van der Waals surface area contributed by atoms with Gasteiger partial charge in [-0.15, -0.1) is 0 Å². The lowest BCUT2D eigenvalue weighted by molar-refractivity contribution is -0.138. The fraction of sp³-hybridized carbons (Fsp3) is 0.833. The van der Waals surface area contributed by atoms with E-state index in [1.807, 2.05) is 6.26 Å². The molecule has 0 spiro atoms. The third-order valence-corrected chi connectivity index (χ3v) is 3.00. The molecule has 0 rings (SSSR count). The Kier molecular flexibility index (Phi) is 8.94. The van der Waals surface area contributed by atoms with Crippen LogP contribution in [0.1, 0.15) is 33.1 Å². The summed E-state index contributed by atoms with van der Waals surface area (Å²) in [4.78, 5) is 22.1. The normalized spacial score (nSPS) is 12.5. The molecule has 0 radical (unpaired) electrons. The van der Waals surface area contributed by atoms with Gasteiger partial charge in [-0.05, 0) is 24.5 Å². The lowest BCUT2D eigenvalue weighted by Gasteiger charge is -2.17. The number of aliphatic carboxylic acids is 1. The summed E-state index contributed by atoms with van der Waals surface area (Å²) in [5, 5.41) is 11.6. The first kappa shape index (κ1) is 16.3. The van der Waals surface area contributed by atoms with Crippen LogP contribution < -0.4 is 5.32 Å². The smallest absolute Gasteiger partial charge is 0.303 e. The molecule has 1 amide bonds. The van der Waals surface area contributed by atoms with Crippen LogP contribution in [0.25, 0.3) is 0 Å². The van der Waals surface area contributed by atoms with Gasteiger partial charge in [-0.25, -0.2) is 0 Å². The molecule has 0 aromatic carbocycles. The van der Waals surface area contributed by atoms with E-state index in [2.05, 4.69) is 19.2 Å². The number of nitrogens with one attached hydrogen (secondary N) is 1. The summed E-state index contributed by atoms with van der Waals surface area (Å²) in [6.45, 7) is 4.59. The second kappa shape index (κ2) is 9.33. The summed E-state index contributed by atoms with van der Waals surface area (Å²) in [6, 6.07) is 0. The zero-order valence-corrected chi connectivity index (χ0v) is 11.7. The van der Waals surface area contributed by atoms with Crippen LogP contribution in [0.2, 0.25) is 0 Å². The zero-order chi connectivity index (χ0) is 13.3. The van der Waals surface area contributed by atoms with Crippen LogP contribution >= 0.6 is 11.8 Å². The van der Waals surface area contributed by atoms with Crippen LogP contribution in [0.3, 0.4) is 0 Å². The molecule has 0 aliphatic rings. The van der Waals surface area contributed by atoms with E-state index >= 15 is 0 Å². The molecule has 1 unspecified atom stereocenters. The van der Waals surface area contributed by atoms with Crippen molar-refractivity contribution < 1.29 is 14.7 Å². The van der Waals surface area contributed by atoms with Gasteiger partial charge in [0, 0.05) is 25.1 Å². The third kappa shape index (κ3) is 10.2. The Morgan fingerprint density at radius 1 is 1.35 bits per heavy atom. The molecule has 0 saturated carbocycles. The van der Waals surface area contributed by atoms with Crippen molar-refractivity contribution in [1.82, 2.24) is 5.32 Å². The number of carbonyl (C=O) groups is 2. The minimum atomic E-state index is -0.797. The molecule has 0 aromatic heterocycles. The fourth-order valence-corrected chi connectivity index (χ4v) is 2.08. The first-order chi connectivity index (χ1) is 7.95. The number of amides is 1. The van der Waals surface area contributed by atoms with Gasteiger partial charge in [0.1, 0.15) is 0 Å². The highest BCUT2D eigenvalue weighted by atomic mass is 32.2. The van der Waals surface area contributed by atoms with Crippen LogP contribution in [0.4, 0.5) is 0 Å². The van der Waals surface area contributed by atoms with E-state index in [-0.39, 0.29) is 18.2 Å². The van der Waals surface area contributed by atoms with Crippen molar-refractivity contribution in [1.29, 1.82) is 0 Å². The van der Waals surface area contributed by atoms with E-state index in [1.54, 1.807) is 11.8 Å². The summed E-state index contributed by atoms with van der Waals surface area (Å²) >= 11 is 1.63. The Morgan fingerprint density at radius 3 is 2.47 bits per heavy atom. The van der Waals surface area contributed by atoms with E-state index in [9.17, 15) is 9.59 Å². The lowest BCUT2D eigenvalue weighted by atomic mass is 9.94. The monoisotopic (exact) mass is 261 g/mol. The molecule has 4 nitrogen and oxygen atoms in total. The van der Waals surface area contributed by atoms with Gasteiger partial charge in [-0.1, -0.05) is 13.8 Å². The summed E-state index contributed by atoms with van der Waals surface area (Å²) < 4.78 is 0. The molecule has 0 fully saturated rings. The topological polar surface area (TPSA) is 66.4 Å². The number of thioether (sulfide) groups is 1. The van der Waals surface area contributed by atoms with Crippen molar-refractivity contribution in [3.05, 3.63) is 0 Å². The maximum Gasteiger partial charge on any atom is 0.303 e. The van der Waals surface area contributed by atoms with Gasteiger partial charge < -0.3 is 10.4 Å². The van der Waals surface area contributed by atoms with E-state index in [0.717, 1.165) is 12.2 Å². The Hall–Kier alpha value is -0.710. The molecule has 5 heteroatoms. The summed E-state index contributed by atoms with van der Waals surface area (Å²) in [6.07, 6.45) is 3.41. The Bertz CT molecular complexity index is 244. The van der Waals surface area contributed by atoms with Crippen molar-refractivity contribution in [2.75, 3.05) is 18.6 Å². The SMILES string of the molecule is CSCCC(=O)NCC(CC(=O)O)CC(C)C. The van der Waals surface area contributed by atoms with Crippen molar-refractivity contribution in [3.63, 3.8) is 0 Å². The minimum absolute atomic E-state index is 0.0125. The van der Waals surface area contributed by atoms with Crippen molar-refractivity contribution >= 4 is 23.6 Å². The number of carboxylic acids is 1. The van der Waals surface area contributed by atoms with Crippen molar-refractivity contribution in [2.24, 2.45) is 11.8 Å². The molecule has 0 aliphatic carbocycles. The van der Waals surface area contributed by atoms with Crippen LogP contribution in [-0.4, -0.2) is 35.5 Å². The highest BCUT2D eigenvalue weighted by Crippen LogP contribution is 2.14. The second-order valence-corrected chi connectivity index (χ2v) is 5.63. The maximum absolute atomic E-state index is 11.4. The first-order valence-corrected chi connectivity index (χ1v) is 7.32. The Balaban J connectivity index is 3.97. The van der Waals surface area contributed by atoms with Gasteiger partial charge in [0.25, 0.3) is 0 Å². The fourth-order valence-electron chi connectivity index (χ4n) is 1.69. The number of hydrogen-bond donors (Lipinski definition) is 2. The van der Waals surface area contributed by atoms with Crippen LogP contribution in [0.15, 0.2) is 0 Å². The second-order valence-electron chi connectivity index (χ2n) is 4.64. The zero-order valence-electron chi connectivity index (χ0n) is 10.9. The molecule has 0 aromatic rings. The standard InChI is InChI=1S/C12H23NO3S/c1-9(2)6-10(7-12(15)16)8-13-11(14)4-5-17-3/h9-10H,4-8H2,1-3H3,(H,13,14)(H,15,16). The largest absolute Gasteiger partial charge is 0.481 e. The highest BCUT2D eigenvalue weighted by molar-refractivity contribution is 7.98. The van der Waals surface area contributed by atoms with E-state index in [4.69, 9.17) is 5.11 Å². The lowest BCUT2D eigenvalue weighted by Crippen LogP contribution is -2.31.